The number of halogens is 1. The van der Waals surface area contributed by atoms with Crippen molar-refractivity contribution in [3.05, 3.63) is 74.2 Å². The molecule has 148 valence electrons. The number of aromatic nitrogens is 4. The first-order valence-corrected chi connectivity index (χ1v) is 9.19. The van der Waals surface area contributed by atoms with Crippen LogP contribution >= 0.6 is 11.6 Å². The van der Waals surface area contributed by atoms with Gasteiger partial charge in [0.2, 0.25) is 5.89 Å². The van der Waals surface area contributed by atoms with E-state index >= 15 is 0 Å². The van der Waals surface area contributed by atoms with E-state index in [1.165, 1.54) is 4.68 Å². The lowest BCUT2D eigenvalue weighted by Gasteiger charge is -2.12. The highest BCUT2D eigenvalue weighted by Gasteiger charge is 2.17. The third-order valence-corrected chi connectivity index (χ3v) is 4.81. The highest BCUT2D eigenvalue weighted by molar-refractivity contribution is 6.30. The zero-order valence-electron chi connectivity index (χ0n) is 15.5. The zero-order valence-corrected chi connectivity index (χ0v) is 16.3. The van der Waals surface area contributed by atoms with Crippen molar-refractivity contribution in [2.75, 3.05) is 6.61 Å². The van der Waals surface area contributed by atoms with Gasteiger partial charge in [0.1, 0.15) is 6.54 Å². The molecule has 0 radical (unpaired) electrons. The van der Waals surface area contributed by atoms with Crippen LogP contribution in [0.25, 0.3) is 0 Å². The Morgan fingerprint density at radius 2 is 2.00 bits per heavy atom. The van der Waals surface area contributed by atoms with Gasteiger partial charge in [-0.3, -0.25) is 4.79 Å². The third-order valence-electron chi connectivity index (χ3n) is 4.56. The van der Waals surface area contributed by atoms with E-state index in [4.69, 9.17) is 16.1 Å². The molecule has 0 saturated heterocycles. The molecule has 2 atom stereocenters. The van der Waals surface area contributed by atoms with Gasteiger partial charge < -0.3 is 14.7 Å². The summed E-state index contributed by atoms with van der Waals surface area (Å²) in [6.07, 6.45) is 0.934. The molecule has 3 rings (SSSR count). The maximum absolute atomic E-state index is 12.5. The molecule has 2 N–H and O–H groups in total. The predicted octanol–water partition coefficient (Wildman–Crippen LogP) is 2.01. The Balaban J connectivity index is 1.72. The fraction of sp³-hybridized carbons (Fsp3) is 0.368. The van der Waals surface area contributed by atoms with Gasteiger partial charge in [-0.2, -0.15) is 10.1 Å². The molecule has 0 aliphatic heterocycles. The summed E-state index contributed by atoms with van der Waals surface area (Å²) in [5.41, 5.74) is 1.65. The first-order valence-electron chi connectivity index (χ1n) is 8.81. The van der Waals surface area contributed by atoms with Crippen molar-refractivity contribution in [3.8, 4) is 0 Å². The highest BCUT2D eigenvalue weighted by Crippen LogP contribution is 2.19. The zero-order chi connectivity index (χ0) is 20.3. The smallest absolute Gasteiger partial charge is 0.270 e. The molecule has 0 bridgehead atoms. The van der Waals surface area contributed by atoms with E-state index in [0.29, 0.717) is 27.5 Å². The monoisotopic (exact) mass is 404 g/mol. The number of rotatable bonds is 7. The van der Waals surface area contributed by atoms with Gasteiger partial charge in [0.25, 0.3) is 5.56 Å². The summed E-state index contributed by atoms with van der Waals surface area (Å²) >= 11 is 5.85. The second kappa shape index (κ2) is 8.64. The van der Waals surface area contributed by atoms with Crippen molar-refractivity contribution >= 4 is 11.6 Å². The third kappa shape index (κ3) is 4.46. The van der Waals surface area contributed by atoms with Gasteiger partial charge in [0.05, 0.1) is 12.3 Å². The number of hydrogen-bond acceptors (Lipinski definition) is 7. The van der Waals surface area contributed by atoms with E-state index in [0.717, 1.165) is 0 Å². The van der Waals surface area contributed by atoms with E-state index < -0.39 is 6.10 Å². The van der Waals surface area contributed by atoms with Gasteiger partial charge in [0.15, 0.2) is 5.82 Å². The molecule has 2 heterocycles. The lowest BCUT2D eigenvalue weighted by molar-refractivity contribution is 0.174. The van der Waals surface area contributed by atoms with E-state index in [-0.39, 0.29) is 36.9 Å². The summed E-state index contributed by atoms with van der Waals surface area (Å²) < 4.78 is 6.42. The molecule has 1 aromatic carbocycles. The van der Waals surface area contributed by atoms with Crippen LogP contribution in [0.4, 0.5) is 0 Å². The molecule has 0 spiro atoms. The average Bonchev–Trinajstić information content (AvgIpc) is 3.12. The first-order chi connectivity index (χ1) is 13.4. The lowest BCUT2D eigenvalue weighted by atomic mass is 10.0. The summed E-state index contributed by atoms with van der Waals surface area (Å²) in [5, 5.41) is 28.2. The van der Waals surface area contributed by atoms with Crippen LogP contribution in [-0.2, 0) is 13.0 Å². The Morgan fingerprint density at radius 3 is 2.68 bits per heavy atom. The van der Waals surface area contributed by atoms with Crippen LogP contribution in [0.15, 0.2) is 39.8 Å². The number of aliphatic hydroxyl groups excluding tert-OH is 2. The second-order valence-corrected chi connectivity index (χ2v) is 7.08. The fourth-order valence-corrected chi connectivity index (χ4v) is 2.97. The Kier molecular flexibility index (Phi) is 6.23. The molecule has 0 saturated carbocycles. The molecule has 0 aliphatic carbocycles. The van der Waals surface area contributed by atoms with Gasteiger partial charge in [-0.25, -0.2) is 4.68 Å². The molecule has 9 heteroatoms. The summed E-state index contributed by atoms with van der Waals surface area (Å²) in [4.78, 5) is 16.7. The molecular formula is C19H21ClN4O4. The van der Waals surface area contributed by atoms with Gasteiger partial charge in [-0.1, -0.05) is 35.8 Å². The van der Waals surface area contributed by atoms with Crippen LogP contribution in [0.5, 0.6) is 0 Å². The van der Waals surface area contributed by atoms with Crippen LogP contribution in [-0.4, -0.2) is 36.7 Å². The van der Waals surface area contributed by atoms with E-state index in [1.807, 2.05) is 6.92 Å². The predicted molar refractivity (Wildman–Crippen MR) is 102 cm³/mol. The van der Waals surface area contributed by atoms with Crippen molar-refractivity contribution in [2.24, 2.45) is 0 Å². The minimum atomic E-state index is -0.801. The van der Waals surface area contributed by atoms with Gasteiger partial charge in [-0.15, -0.1) is 0 Å². The SMILES string of the molecule is Cc1c(C(C)CO)cnn(Cc2nc(C[C@H](O)c3ccc(Cl)cc3)no2)c1=O. The van der Waals surface area contributed by atoms with E-state index in [9.17, 15) is 15.0 Å². The van der Waals surface area contributed by atoms with Crippen LogP contribution < -0.4 is 5.56 Å². The highest BCUT2D eigenvalue weighted by atomic mass is 35.5. The molecular weight excluding hydrogens is 384 g/mol. The number of hydrogen-bond donors (Lipinski definition) is 2. The Morgan fingerprint density at radius 1 is 1.29 bits per heavy atom. The summed E-state index contributed by atoms with van der Waals surface area (Å²) in [6, 6.07) is 6.86. The average molecular weight is 405 g/mol. The largest absolute Gasteiger partial charge is 0.396 e. The number of benzene rings is 1. The standard InChI is InChI=1S/C19H21ClN4O4/c1-11(10-25)15-8-21-24(19(27)12(15)2)9-18-22-17(23-28-18)7-16(26)13-3-5-14(20)6-4-13/h3-6,8,11,16,25-26H,7,9-10H2,1-2H3/t11?,16-/m0/s1. The van der Waals surface area contributed by atoms with Crippen LogP contribution in [0.2, 0.25) is 5.02 Å². The maximum atomic E-state index is 12.5. The second-order valence-electron chi connectivity index (χ2n) is 6.65. The van der Waals surface area contributed by atoms with Crippen molar-refractivity contribution in [1.82, 2.24) is 19.9 Å². The molecule has 0 amide bonds. The fourth-order valence-electron chi connectivity index (χ4n) is 2.85. The van der Waals surface area contributed by atoms with Crippen molar-refractivity contribution < 1.29 is 14.7 Å². The summed E-state index contributed by atoms with van der Waals surface area (Å²) in [6.45, 7) is 3.49. The van der Waals surface area contributed by atoms with Crippen LogP contribution in [0.1, 0.15) is 47.4 Å². The van der Waals surface area contributed by atoms with Gasteiger partial charge in [0, 0.05) is 29.5 Å². The van der Waals surface area contributed by atoms with Gasteiger partial charge >= 0.3 is 0 Å². The van der Waals surface area contributed by atoms with Crippen molar-refractivity contribution in [2.45, 2.75) is 38.8 Å². The van der Waals surface area contributed by atoms with E-state index in [2.05, 4.69) is 15.2 Å². The molecule has 28 heavy (non-hydrogen) atoms. The normalized spacial score (nSPS) is 13.5. The molecule has 1 unspecified atom stereocenters. The molecule has 0 fully saturated rings. The minimum Gasteiger partial charge on any atom is -0.396 e. The number of aliphatic hydroxyl groups is 2. The Bertz CT molecular complexity index is 1000. The quantitative estimate of drug-likeness (QED) is 0.619. The van der Waals surface area contributed by atoms with Crippen LogP contribution in [0, 0.1) is 6.92 Å². The number of nitrogens with zero attached hydrogens (tertiary/aromatic N) is 4. The lowest BCUT2D eigenvalue weighted by Crippen LogP contribution is -2.27. The summed E-state index contributed by atoms with van der Waals surface area (Å²) in [7, 11) is 0. The van der Waals surface area contributed by atoms with Gasteiger partial charge in [-0.05, 0) is 30.2 Å². The molecule has 3 aromatic rings. The van der Waals surface area contributed by atoms with Crippen LogP contribution in [0.3, 0.4) is 0 Å². The Hall–Kier alpha value is -2.55. The van der Waals surface area contributed by atoms with Crippen molar-refractivity contribution in [1.29, 1.82) is 0 Å². The first kappa shape index (κ1) is 20.2. The molecule has 0 aliphatic rings. The maximum Gasteiger partial charge on any atom is 0.270 e. The summed E-state index contributed by atoms with van der Waals surface area (Å²) in [5.74, 6) is 0.377. The Labute approximate surface area is 166 Å². The molecule has 2 aromatic heterocycles. The van der Waals surface area contributed by atoms with E-state index in [1.54, 1.807) is 37.4 Å². The minimum absolute atomic E-state index is 0.0253. The topological polar surface area (TPSA) is 114 Å². The van der Waals surface area contributed by atoms with Crippen molar-refractivity contribution in [3.63, 3.8) is 0 Å². The molecule has 8 nitrogen and oxygen atoms in total.